The number of aliphatic hydroxyl groups is 1. The predicted octanol–water partition coefficient (Wildman–Crippen LogP) is 3.54. The van der Waals surface area contributed by atoms with Crippen molar-refractivity contribution < 1.29 is 24.5 Å². The molecule has 33 heavy (non-hydrogen) atoms. The molecule has 0 saturated carbocycles. The van der Waals surface area contributed by atoms with Crippen LogP contribution in [0, 0.1) is 0 Å². The first-order valence-electron chi connectivity index (χ1n) is 10.6. The number of likely N-dealkylation sites (tertiary alicyclic amines) is 1. The molecule has 0 radical (unpaired) electrons. The molecular formula is C26H26N2O5. The summed E-state index contributed by atoms with van der Waals surface area (Å²) in [4.78, 5) is 29.6. The lowest BCUT2D eigenvalue weighted by Crippen LogP contribution is -2.35. The number of hydrogen-bond acceptors (Lipinski definition) is 6. The quantitative estimate of drug-likeness (QED) is 0.342. The summed E-state index contributed by atoms with van der Waals surface area (Å²) >= 11 is 0. The van der Waals surface area contributed by atoms with Crippen LogP contribution in [0.2, 0.25) is 0 Å². The fourth-order valence-electron chi connectivity index (χ4n) is 4.22. The molecule has 0 aliphatic carbocycles. The average Bonchev–Trinajstić information content (AvgIpc) is 3.06. The first-order valence-corrected chi connectivity index (χ1v) is 10.6. The zero-order chi connectivity index (χ0) is 23.7. The van der Waals surface area contributed by atoms with Crippen LogP contribution in [0.5, 0.6) is 11.5 Å². The minimum Gasteiger partial charge on any atom is -0.507 e. The largest absolute Gasteiger partial charge is 0.507 e. The van der Waals surface area contributed by atoms with E-state index >= 15 is 0 Å². The van der Waals surface area contributed by atoms with Crippen LogP contribution in [0.4, 0.5) is 0 Å². The minimum atomic E-state index is -0.847. The number of carbonyl (C=O) groups excluding carboxylic acids is 2. The maximum Gasteiger partial charge on any atom is 0.295 e. The maximum absolute atomic E-state index is 13.2. The number of aliphatic hydroxyl groups excluding tert-OH is 1. The highest BCUT2D eigenvalue weighted by molar-refractivity contribution is 6.46. The maximum atomic E-state index is 13.2. The Morgan fingerprint density at radius 3 is 2.48 bits per heavy atom. The highest BCUT2D eigenvalue weighted by atomic mass is 16.5. The number of ketones is 1. The topological polar surface area (TPSA) is 90.3 Å². The van der Waals surface area contributed by atoms with Crippen molar-refractivity contribution >= 4 is 28.2 Å². The van der Waals surface area contributed by atoms with Gasteiger partial charge in [-0.1, -0.05) is 48.5 Å². The Hall–Kier alpha value is -3.84. The molecule has 3 aromatic carbocycles. The molecule has 1 amide bonds. The number of phenols is 1. The van der Waals surface area contributed by atoms with Crippen molar-refractivity contribution in [2.24, 2.45) is 0 Å². The molecule has 3 aromatic rings. The molecule has 0 spiro atoms. The van der Waals surface area contributed by atoms with Gasteiger partial charge in [-0.05, 0) is 42.6 Å². The van der Waals surface area contributed by atoms with Crippen LogP contribution in [-0.4, -0.2) is 66.0 Å². The van der Waals surface area contributed by atoms with Crippen LogP contribution in [0.3, 0.4) is 0 Å². The fraction of sp³-hybridized carbons (Fsp3) is 0.231. The molecule has 1 atom stereocenters. The van der Waals surface area contributed by atoms with E-state index < -0.39 is 17.7 Å². The van der Waals surface area contributed by atoms with E-state index in [4.69, 9.17) is 4.74 Å². The highest BCUT2D eigenvalue weighted by Crippen LogP contribution is 2.42. The summed E-state index contributed by atoms with van der Waals surface area (Å²) in [5.74, 6) is -1.51. The van der Waals surface area contributed by atoms with Crippen LogP contribution in [0.15, 0.2) is 66.2 Å². The number of nitrogens with zero attached hydrogens (tertiary/aromatic N) is 2. The molecule has 7 nitrogen and oxygen atoms in total. The predicted molar refractivity (Wildman–Crippen MR) is 126 cm³/mol. The van der Waals surface area contributed by atoms with Gasteiger partial charge in [0.2, 0.25) is 0 Å². The van der Waals surface area contributed by atoms with E-state index in [0.29, 0.717) is 17.7 Å². The van der Waals surface area contributed by atoms with Gasteiger partial charge in [0.05, 0.1) is 18.7 Å². The summed E-state index contributed by atoms with van der Waals surface area (Å²) in [7, 11) is 5.19. The van der Waals surface area contributed by atoms with E-state index in [2.05, 4.69) is 0 Å². The van der Waals surface area contributed by atoms with E-state index in [1.54, 1.807) is 24.3 Å². The lowest BCUT2D eigenvalue weighted by Gasteiger charge is -2.27. The van der Waals surface area contributed by atoms with Crippen LogP contribution < -0.4 is 4.74 Å². The molecule has 1 fully saturated rings. The number of likely N-dealkylation sites (N-methyl/N-ethyl adjacent to an activating group) is 1. The molecule has 1 heterocycles. The van der Waals surface area contributed by atoms with Crippen molar-refractivity contribution in [1.29, 1.82) is 0 Å². The molecule has 1 saturated heterocycles. The molecule has 7 heteroatoms. The summed E-state index contributed by atoms with van der Waals surface area (Å²) in [6.07, 6.45) is 0. The third-order valence-corrected chi connectivity index (χ3v) is 5.89. The Morgan fingerprint density at radius 1 is 1.06 bits per heavy atom. The second-order valence-electron chi connectivity index (χ2n) is 8.25. The molecule has 0 aromatic heterocycles. The van der Waals surface area contributed by atoms with Crippen LogP contribution in [0.1, 0.15) is 17.2 Å². The van der Waals surface area contributed by atoms with E-state index in [9.17, 15) is 19.8 Å². The van der Waals surface area contributed by atoms with Crippen LogP contribution in [-0.2, 0) is 9.59 Å². The van der Waals surface area contributed by atoms with Crippen molar-refractivity contribution in [3.05, 3.63) is 77.4 Å². The zero-order valence-electron chi connectivity index (χ0n) is 18.8. The third-order valence-electron chi connectivity index (χ3n) is 5.89. The molecule has 170 valence electrons. The number of rotatable bonds is 6. The van der Waals surface area contributed by atoms with Gasteiger partial charge in [-0.3, -0.25) is 9.59 Å². The zero-order valence-corrected chi connectivity index (χ0v) is 18.8. The molecule has 1 unspecified atom stereocenters. The average molecular weight is 447 g/mol. The molecule has 4 rings (SSSR count). The third kappa shape index (κ3) is 4.03. The Kier molecular flexibility index (Phi) is 6.07. The number of ether oxygens (including phenoxy) is 1. The number of Topliss-reactive ketones (excluding diaryl/α,β-unsaturated/α-hetero) is 1. The van der Waals surface area contributed by atoms with Crippen LogP contribution >= 0.6 is 0 Å². The molecular weight excluding hydrogens is 420 g/mol. The number of fused-ring (bicyclic) bond motifs is 1. The Morgan fingerprint density at radius 2 is 1.79 bits per heavy atom. The van der Waals surface area contributed by atoms with E-state index in [-0.39, 0.29) is 29.4 Å². The van der Waals surface area contributed by atoms with Gasteiger partial charge in [-0.2, -0.15) is 0 Å². The van der Waals surface area contributed by atoms with Gasteiger partial charge in [0.1, 0.15) is 5.76 Å². The second-order valence-corrected chi connectivity index (χ2v) is 8.25. The number of phenolic OH excluding ortho intramolecular Hbond substituents is 1. The summed E-state index contributed by atoms with van der Waals surface area (Å²) in [5.41, 5.74) is 0.981. The number of carbonyl (C=O) groups is 2. The van der Waals surface area contributed by atoms with Gasteiger partial charge < -0.3 is 24.7 Å². The Bertz CT molecular complexity index is 1260. The fourth-order valence-corrected chi connectivity index (χ4v) is 4.22. The highest BCUT2D eigenvalue weighted by Gasteiger charge is 2.46. The first-order chi connectivity index (χ1) is 15.8. The number of amides is 1. The van der Waals surface area contributed by atoms with Crippen molar-refractivity contribution in [3.63, 3.8) is 0 Å². The lowest BCUT2D eigenvalue weighted by atomic mass is 9.93. The normalized spacial score (nSPS) is 17.8. The minimum absolute atomic E-state index is 0.000300. The van der Waals surface area contributed by atoms with Crippen molar-refractivity contribution in [1.82, 2.24) is 9.80 Å². The number of aromatic hydroxyl groups is 1. The molecule has 1 aliphatic rings. The molecule has 0 bridgehead atoms. The van der Waals surface area contributed by atoms with Gasteiger partial charge in [-0.25, -0.2) is 0 Å². The number of benzene rings is 3. The smallest absolute Gasteiger partial charge is 0.295 e. The summed E-state index contributed by atoms with van der Waals surface area (Å²) in [5, 5.41) is 23.4. The molecule has 1 aliphatic heterocycles. The summed E-state index contributed by atoms with van der Waals surface area (Å²) in [6.45, 7) is 0.807. The standard InChI is InChI=1S/C26H26N2O5/c1-27(2)13-14-28-23(17-11-12-21(33-3)20(29)15-17)22(25(31)26(28)32)24(30)19-10-6-8-16-7-4-5-9-18(16)19/h4-12,15,23,29-30H,13-14H2,1-3H3/b24-22-. The summed E-state index contributed by atoms with van der Waals surface area (Å²) in [6, 6.07) is 16.9. The number of methoxy groups -OCH3 is 1. The monoisotopic (exact) mass is 446 g/mol. The van der Waals surface area contributed by atoms with Crippen molar-refractivity contribution in [2.75, 3.05) is 34.3 Å². The Labute approximate surface area is 192 Å². The van der Waals surface area contributed by atoms with Gasteiger partial charge in [0, 0.05) is 18.7 Å². The van der Waals surface area contributed by atoms with Crippen LogP contribution in [0.25, 0.3) is 16.5 Å². The van der Waals surface area contributed by atoms with Crippen molar-refractivity contribution in [3.8, 4) is 11.5 Å². The van der Waals surface area contributed by atoms with Gasteiger partial charge in [0.25, 0.3) is 11.7 Å². The Balaban J connectivity index is 1.92. The van der Waals surface area contributed by atoms with Gasteiger partial charge in [0.15, 0.2) is 11.5 Å². The second kappa shape index (κ2) is 8.96. The first kappa shape index (κ1) is 22.4. The molecule has 2 N–H and O–H groups in total. The summed E-state index contributed by atoms with van der Waals surface area (Å²) < 4.78 is 5.14. The van der Waals surface area contributed by atoms with Gasteiger partial charge in [-0.15, -0.1) is 0 Å². The van der Waals surface area contributed by atoms with E-state index in [0.717, 1.165) is 10.8 Å². The lowest BCUT2D eigenvalue weighted by molar-refractivity contribution is -0.140. The van der Waals surface area contributed by atoms with Crippen molar-refractivity contribution in [2.45, 2.75) is 6.04 Å². The van der Waals surface area contributed by atoms with E-state index in [1.165, 1.54) is 18.1 Å². The SMILES string of the molecule is COc1ccc(C2/C(=C(/O)c3cccc4ccccc34)C(=O)C(=O)N2CCN(C)C)cc1O. The van der Waals surface area contributed by atoms with E-state index in [1.807, 2.05) is 49.3 Å². The number of hydrogen-bond donors (Lipinski definition) is 2. The van der Waals surface area contributed by atoms with Gasteiger partial charge >= 0.3 is 0 Å².